The Morgan fingerprint density at radius 1 is 1.44 bits per heavy atom. The largest absolute Gasteiger partial charge is 0.306 e. The van der Waals surface area contributed by atoms with Gasteiger partial charge >= 0.3 is 0 Å². The molecule has 2 rings (SSSR count). The monoisotopic (exact) mass is 252 g/mol. The van der Waals surface area contributed by atoms with E-state index in [0.29, 0.717) is 6.04 Å². The third-order valence-electron chi connectivity index (χ3n) is 2.49. The minimum absolute atomic E-state index is 0.308. The summed E-state index contributed by atoms with van der Waals surface area (Å²) in [6, 6.07) is 2.49. The topological polar surface area (TPSA) is 24.9 Å². The predicted octanol–water partition coefficient (Wildman–Crippen LogP) is 3.52. The van der Waals surface area contributed by atoms with Gasteiger partial charge in [-0.1, -0.05) is 6.92 Å². The lowest BCUT2D eigenvalue weighted by Crippen LogP contribution is -2.21. The molecule has 2 heterocycles. The molecule has 2 aromatic heterocycles. The number of nitrogens with one attached hydrogen (secondary N) is 1. The van der Waals surface area contributed by atoms with E-state index in [-0.39, 0.29) is 0 Å². The normalized spacial score (nSPS) is 12.9. The van der Waals surface area contributed by atoms with Gasteiger partial charge in [-0.2, -0.15) is 11.3 Å². The fourth-order valence-electron chi connectivity index (χ4n) is 1.82. The molecule has 1 N–H and O–H groups in total. The summed E-state index contributed by atoms with van der Waals surface area (Å²) in [5.74, 6) is 0. The Morgan fingerprint density at radius 3 is 2.75 bits per heavy atom. The van der Waals surface area contributed by atoms with Crippen molar-refractivity contribution in [3.05, 3.63) is 38.0 Å². The van der Waals surface area contributed by atoms with Crippen molar-refractivity contribution < 1.29 is 0 Å². The number of nitrogens with zero attached hydrogens (tertiary/aromatic N) is 1. The molecule has 0 aliphatic carbocycles. The van der Waals surface area contributed by atoms with E-state index < -0.39 is 0 Å². The highest BCUT2D eigenvalue weighted by Crippen LogP contribution is 2.30. The van der Waals surface area contributed by atoms with Crippen molar-refractivity contribution in [1.29, 1.82) is 0 Å². The van der Waals surface area contributed by atoms with Crippen LogP contribution in [0.25, 0.3) is 0 Å². The average molecular weight is 252 g/mol. The Labute approximate surface area is 104 Å². The van der Waals surface area contributed by atoms with Crippen LogP contribution in [0.2, 0.25) is 0 Å². The fraction of sp³-hybridized carbons (Fsp3) is 0.417. The second kappa shape index (κ2) is 5.08. The first-order valence-electron chi connectivity index (χ1n) is 5.41. The Morgan fingerprint density at radius 2 is 2.25 bits per heavy atom. The Kier molecular flexibility index (Phi) is 3.74. The van der Waals surface area contributed by atoms with Gasteiger partial charge in [0.15, 0.2) is 0 Å². The van der Waals surface area contributed by atoms with E-state index in [9.17, 15) is 0 Å². The van der Waals surface area contributed by atoms with E-state index in [1.54, 1.807) is 22.7 Å². The summed E-state index contributed by atoms with van der Waals surface area (Å²) in [7, 11) is 0. The van der Waals surface area contributed by atoms with Crippen LogP contribution in [0.4, 0.5) is 0 Å². The molecule has 0 saturated heterocycles. The molecule has 0 radical (unpaired) electrons. The van der Waals surface area contributed by atoms with Crippen LogP contribution in [0.1, 0.15) is 34.1 Å². The number of rotatable bonds is 4. The maximum Gasteiger partial charge on any atom is 0.0900 e. The second-order valence-electron chi connectivity index (χ2n) is 3.73. The highest BCUT2D eigenvalue weighted by molar-refractivity contribution is 7.11. The van der Waals surface area contributed by atoms with Crippen LogP contribution in [0.5, 0.6) is 0 Å². The summed E-state index contributed by atoms with van der Waals surface area (Å²) in [6.07, 6.45) is 0. The maximum absolute atomic E-state index is 4.51. The lowest BCUT2D eigenvalue weighted by atomic mass is 10.1. The zero-order chi connectivity index (χ0) is 11.5. The summed E-state index contributed by atoms with van der Waals surface area (Å²) in [5.41, 5.74) is 2.50. The minimum Gasteiger partial charge on any atom is -0.306 e. The number of aryl methyl sites for hydroxylation is 2. The van der Waals surface area contributed by atoms with E-state index >= 15 is 0 Å². The standard InChI is InChI=1S/C12H16N2S2/c1-4-13-11(10-5-6-15-7-10)12-8(2)14-9(3)16-12/h5-7,11,13H,4H2,1-3H3. The van der Waals surface area contributed by atoms with Gasteiger partial charge < -0.3 is 5.32 Å². The summed E-state index contributed by atoms with van der Waals surface area (Å²) in [6.45, 7) is 7.27. The zero-order valence-corrected chi connectivity index (χ0v) is 11.4. The third-order valence-corrected chi connectivity index (χ3v) is 4.33. The third kappa shape index (κ3) is 2.34. The Bertz CT molecular complexity index is 446. The van der Waals surface area contributed by atoms with E-state index in [2.05, 4.69) is 47.9 Å². The van der Waals surface area contributed by atoms with E-state index in [4.69, 9.17) is 0 Å². The molecule has 0 bridgehead atoms. The van der Waals surface area contributed by atoms with Crippen molar-refractivity contribution in [3.8, 4) is 0 Å². The highest BCUT2D eigenvalue weighted by atomic mass is 32.1. The van der Waals surface area contributed by atoms with Gasteiger partial charge in [0.2, 0.25) is 0 Å². The van der Waals surface area contributed by atoms with Crippen LogP contribution in [0, 0.1) is 13.8 Å². The summed E-state index contributed by atoms with van der Waals surface area (Å²) in [4.78, 5) is 5.85. The molecule has 0 aliphatic heterocycles. The Hall–Kier alpha value is -0.710. The molecule has 0 fully saturated rings. The molecule has 1 unspecified atom stereocenters. The van der Waals surface area contributed by atoms with E-state index in [1.807, 2.05) is 0 Å². The molecule has 0 spiro atoms. The van der Waals surface area contributed by atoms with Gasteiger partial charge in [0.05, 0.1) is 16.7 Å². The van der Waals surface area contributed by atoms with Crippen LogP contribution < -0.4 is 5.32 Å². The van der Waals surface area contributed by atoms with Gasteiger partial charge in [-0.15, -0.1) is 11.3 Å². The maximum atomic E-state index is 4.51. The van der Waals surface area contributed by atoms with Crippen molar-refractivity contribution in [2.45, 2.75) is 26.8 Å². The van der Waals surface area contributed by atoms with Crippen LogP contribution in [-0.2, 0) is 0 Å². The number of thiazole rings is 1. The lowest BCUT2D eigenvalue weighted by Gasteiger charge is -2.15. The second-order valence-corrected chi connectivity index (χ2v) is 5.74. The van der Waals surface area contributed by atoms with Crippen molar-refractivity contribution in [1.82, 2.24) is 10.3 Å². The van der Waals surface area contributed by atoms with Gasteiger partial charge in [0.25, 0.3) is 0 Å². The quantitative estimate of drug-likeness (QED) is 0.900. The molecule has 2 nitrogen and oxygen atoms in total. The molecule has 0 saturated carbocycles. The zero-order valence-electron chi connectivity index (χ0n) is 9.78. The van der Waals surface area contributed by atoms with Gasteiger partial charge in [-0.05, 0) is 42.8 Å². The SMILES string of the molecule is CCNC(c1ccsc1)c1sc(C)nc1C. The van der Waals surface area contributed by atoms with Gasteiger partial charge in [0, 0.05) is 4.88 Å². The smallest absolute Gasteiger partial charge is 0.0900 e. The van der Waals surface area contributed by atoms with E-state index in [1.165, 1.54) is 10.4 Å². The molecule has 0 aromatic carbocycles. The molecule has 4 heteroatoms. The first-order chi connectivity index (χ1) is 7.72. The average Bonchev–Trinajstić information content (AvgIpc) is 2.85. The van der Waals surface area contributed by atoms with Crippen molar-refractivity contribution >= 4 is 22.7 Å². The number of aromatic nitrogens is 1. The summed E-state index contributed by atoms with van der Waals surface area (Å²) in [5, 5.41) is 9.01. The van der Waals surface area contributed by atoms with Crippen molar-refractivity contribution in [3.63, 3.8) is 0 Å². The summed E-state index contributed by atoms with van der Waals surface area (Å²) < 4.78 is 0. The van der Waals surface area contributed by atoms with Gasteiger partial charge in [0.1, 0.15) is 0 Å². The molecular formula is C12H16N2S2. The molecular weight excluding hydrogens is 236 g/mol. The number of thiophene rings is 1. The molecule has 86 valence electrons. The predicted molar refractivity (Wildman–Crippen MR) is 71.4 cm³/mol. The van der Waals surface area contributed by atoms with E-state index in [0.717, 1.165) is 17.2 Å². The number of hydrogen-bond donors (Lipinski definition) is 1. The summed E-state index contributed by atoms with van der Waals surface area (Å²) >= 11 is 3.54. The molecule has 0 amide bonds. The minimum atomic E-state index is 0.308. The fourth-order valence-corrected chi connectivity index (χ4v) is 3.54. The lowest BCUT2D eigenvalue weighted by molar-refractivity contribution is 0.637. The first kappa shape index (κ1) is 11.8. The molecule has 1 atom stereocenters. The highest BCUT2D eigenvalue weighted by Gasteiger charge is 2.18. The van der Waals surface area contributed by atoms with Gasteiger partial charge in [-0.3, -0.25) is 0 Å². The Balaban J connectivity index is 2.36. The van der Waals surface area contributed by atoms with Gasteiger partial charge in [-0.25, -0.2) is 4.98 Å². The van der Waals surface area contributed by atoms with Crippen LogP contribution >= 0.6 is 22.7 Å². The number of hydrogen-bond acceptors (Lipinski definition) is 4. The molecule has 0 aliphatic rings. The van der Waals surface area contributed by atoms with Crippen molar-refractivity contribution in [2.75, 3.05) is 6.54 Å². The molecule has 2 aromatic rings. The van der Waals surface area contributed by atoms with Crippen molar-refractivity contribution in [2.24, 2.45) is 0 Å². The van der Waals surface area contributed by atoms with Crippen LogP contribution in [0.3, 0.4) is 0 Å². The van der Waals surface area contributed by atoms with Crippen LogP contribution in [0.15, 0.2) is 16.8 Å². The first-order valence-corrected chi connectivity index (χ1v) is 7.17. The van der Waals surface area contributed by atoms with Crippen LogP contribution in [-0.4, -0.2) is 11.5 Å². The molecule has 16 heavy (non-hydrogen) atoms.